The van der Waals surface area contributed by atoms with E-state index in [0.717, 1.165) is 19.4 Å². The van der Waals surface area contributed by atoms with Crippen LogP contribution in [0.15, 0.2) is 0 Å². The maximum atomic E-state index is 10.8. The minimum absolute atomic E-state index is 0.101. The Hall–Kier alpha value is -0.610. The number of carbonyl (C=O) groups excluding carboxylic acids is 1. The average Bonchev–Trinajstić information content (AvgIpc) is 2.36. The van der Waals surface area contributed by atoms with E-state index in [2.05, 4.69) is 0 Å². The van der Waals surface area contributed by atoms with Crippen molar-refractivity contribution in [3.8, 4) is 0 Å². The zero-order chi connectivity index (χ0) is 8.27. The average molecular weight is 158 g/mol. The Morgan fingerprint density at radius 1 is 1.73 bits per heavy atom. The highest BCUT2D eigenvalue weighted by Gasteiger charge is 2.27. The Bertz CT molecular complexity index is 149. The number of rotatable bonds is 3. The molecule has 0 spiro atoms. The number of nitrogens with two attached hydrogens (primary N) is 1. The first-order chi connectivity index (χ1) is 5.25. The van der Waals surface area contributed by atoms with Crippen LogP contribution in [-0.4, -0.2) is 41.7 Å². The monoisotopic (exact) mass is 158 g/mol. The van der Waals surface area contributed by atoms with E-state index in [9.17, 15) is 4.79 Å². The van der Waals surface area contributed by atoms with Crippen LogP contribution in [0.25, 0.3) is 0 Å². The molecule has 1 rings (SSSR count). The fourth-order valence-corrected chi connectivity index (χ4v) is 1.54. The molecule has 11 heavy (non-hydrogen) atoms. The Labute approximate surface area is 66.0 Å². The van der Waals surface area contributed by atoms with Gasteiger partial charge in [-0.05, 0) is 19.4 Å². The Morgan fingerprint density at radius 2 is 2.45 bits per heavy atom. The zero-order valence-electron chi connectivity index (χ0n) is 6.49. The predicted octanol–water partition coefficient (Wildman–Crippen LogP) is -1.07. The summed E-state index contributed by atoms with van der Waals surface area (Å²) < 4.78 is 0. The molecule has 64 valence electrons. The van der Waals surface area contributed by atoms with Crippen LogP contribution in [0.4, 0.5) is 0 Å². The lowest BCUT2D eigenvalue weighted by atomic mass is 10.2. The highest BCUT2D eigenvalue weighted by Crippen LogP contribution is 2.15. The highest BCUT2D eigenvalue weighted by atomic mass is 16.3. The summed E-state index contributed by atoms with van der Waals surface area (Å²) in [4.78, 5) is 12.7. The van der Waals surface area contributed by atoms with Crippen molar-refractivity contribution in [2.45, 2.75) is 18.9 Å². The van der Waals surface area contributed by atoms with Gasteiger partial charge >= 0.3 is 0 Å². The highest BCUT2D eigenvalue weighted by molar-refractivity contribution is 5.80. The van der Waals surface area contributed by atoms with Crippen molar-refractivity contribution in [1.29, 1.82) is 0 Å². The van der Waals surface area contributed by atoms with Gasteiger partial charge in [-0.1, -0.05) is 0 Å². The van der Waals surface area contributed by atoms with Crippen LogP contribution in [-0.2, 0) is 4.79 Å². The van der Waals surface area contributed by atoms with E-state index in [-0.39, 0.29) is 18.6 Å². The fourth-order valence-electron chi connectivity index (χ4n) is 1.54. The van der Waals surface area contributed by atoms with Crippen molar-refractivity contribution in [1.82, 2.24) is 4.90 Å². The van der Waals surface area contributed by atoms with Crippen LogP contribution in [0.2, 0.25) is 0 Å². The fraction of sp³-hybridized carbons (Fsp3) is 0.857. The van der Waals surface area contributed by atoms with Crippen LogP contribution < -0.4 is 5.73 Å². The molecule has 0 radical (unpaired) electrons. The number of hydrogen-bond acceptors (Lipinski definition) is 3. The molecule has 1 fully saturated rings. The molecule has 1 saturated heterocycles. The van der Waals surface area contributed by atoms with Crippen LogP contribution >= 0.6 is 0 Å². The number of amides is 1. The molecule has 0 aromatic carbocycles. The van der Waals surface area contributed by atoms with Crippen molar-refractivity contribution in [2.75, 3.05) is 19.7 Å². The largest absolute Gasteiger partial charge is 0.395 e. The quantitative estimate of drug-likeness (QED) is 0.549. The first-order valence-corrected chi connectivity index (χ1v) is 3.90. The second-order valence-corrected chi connectivity index (χ2v) is 2.82. The molecule has 0 aliphatic carbocycles. The van der Waals surface area contributed by atoms with E-state index >= 15 is 0 Å². The number of likely N-dealkylation sites (tertiary alicyclic amines) is 1. The molecular weight excluding hydrogens is 144 g/mol. The Balaban J connectivity index is 2.44. The molecule has 4 heteroatoms. The minimum atomic E-state index is -0.268. The molecule has 1 atom stereocenters. The molecule has 0 saturated carbocycles. The second-order valence-electron chi connectivity index (χ2n) is 2.82. The summed E-state index contributed by atoms with van der Waals surface area (Å²) in [6.07, 6.45) is 1.85. The summed E-state index contributed by atoms with van der Waals surface area (Å²) in [6, 6.07) is -0.137. The molecule has 3 N–H and O–H groups in total. The maximum Gasteiger partial charge on any atom is 0.234 e. The van der Waals surface area contributed by atoms with Gasteiger partial charge in [-0.25, -0.2) is 0 Å². The van der Waals surface area contributed by atoms with Crippen LogP contribution in [0, 0.1) is 0 Å². The van der Waals surface area contributed by atoms with Crippen LogP contribution in [0.1, 0.15) is 12.8 Å². The Kier molecular flexibility index (Phi) is 2.84. The van der Waals surface area contributed by atoms with Crippen molar-refractivity contribution >= 4 is 5.91 Å². The summed E-state index contributed by atoms with van der Waals surface area (Å²) >= 11 is 0. The van der Waals surface area contributed by atoms with Crippen LogP contribution in [0.5, 0.6) is 0 Å². The van der Waals surface area contributed by atoms with E-state index in [1.807, 2.05) is 4.90 Å². The summed E-state index contributed by atoms with van der Waals surface area (Å²) in [7, 11) is 0. The molecule has 1 aliphatic rings. The lowest BCUT2D eigenvalue weighted by Gasteiger charge is -2.19. The summed E-state index contributed by atoms with van der Waals surface area (Å²) in [5, 5.41) is 8.63. The molecule has 1 amide bonds. The van der Waals surface area contributed by atoms with E-state index in [1.165, 1.54) is 0 Å². The molecule has 4 nitrogen and oxygen atoms in total. The number of primary amides is 1. The van der Waals surface area contributed by atoms with Gasteiger partial charge in [0.25, 0.3) is 0 Å². The van der Waals surface area contributed by atoms with Crippen molar-refractivity contribution < 1.29 is 9.90 Å². The molecular formula is C7H14N2O2. The molecule has 0 aromatic heterocycles. The summed E-state index contributed by atoms with van der Waals surface area (Å²) in [5.41, 5.74) is 5.16. The third-order valence-electron chi connectivity index (χ3n) is 2.08. The predicted molar refractivity (Wildman–Crippen MR) is 40.9 cm³/mol. The topological polar surface area (TPSA) is 66.6 Å². The number of nitrogens with zero attached hydrogens (tertiary/aromatic N) is 1. The lowest BCUT2D eigenvalue weighted by Crippen LogP contribution is -2.41. The van der Waals surface area contributed by atoms with Gasteiger partial charge in [0.15, 0.2) is 0 Å². The SMILES string of the molecule is NC(=O)C1CCCN1CCO. The third kappa shape index (κ3) is 1.91. The lowest BCUT2D eigenvalue weighted by molar-refractivity contribution is -0.122. The normalized spacial score (nSPS) is 25.7. The van der Waals surface area contributed by atoms with Gasteiger partial charge in [-0.3, -0.25) is 9.69 Å². The van der Waals surface area contributed by atoms with E-state index < -0.39 is 0 Å². The third-order valence-corrected chi connectivity index (χ3v) is 2.08. The number of aliphatic hydroxyl groups is 1. The van der Waals surface area contributed by atoms with E-state index in [0.29, 0.717) is 6.54 Å². The van der Waals surface area contributed by atoms with Gasteiger partial charge in [0.2, 0.25) is 5.91 Å². The van der Waals surface area contributed by atoms with Crippen molar-refractivity contribution in [3.05, 3.63) is 0 Å². The first kappa shape index (κ1) is 8.49. The number of hydrogen-bond donors (Lipinski definition) is 2. The summed E-state index contributed by atoms with van der Waals surface area (Å²) in [6.45, 7) is 1.55. The van der Waals surface area contributed by atoms with E-state index in [4.69, 9.17) is 10.8 Å². The van der Waals surface area contributed by atoms with Gasteiger partial charge in [0.1, 0.15) is 0 Å². The van der Waals surface area contributed by atoms with Crippen molar-refractivity contribution in [3.63, 3.8) is 0 Å². The minimum Gasteiger partial charge on any atom is -0.395 e. The zero-order valence-corrected chi connectivity index (χ0v) is 6.49. The summed E-state index contributed by atoms with van der Waals surface area (Å²) in [5.74, 6) is -0.268. The Morgan fingerprint density at radius 3 is 3.00 bits per heavy atom. The number of β-amino-alcohol motifs (C(OH)–C–C–N with tert-alkyl or cyclic N) is 1. The maximum absolute atomic E-state index is 10.8. The molecule has 1 heterocycles. The standard InChI is InChI=1S/C7H14N2O2/c8-7(11)6-2-1-3-9(6)4-5-10/h6,10H,1-5H2,(H2,8,11). The molecule has 1 unspecified atom stereocenters. The van der Waals surface area contributed by atoms with E-state index in [1.54, 1.807) is 0 Å². The number of carbonyl (C=O) groups is 1. The first-order valence-electron chi connectivity index (χ1n) is 3.90. The van der Waals surface area contributed by atoms with Gasteiger partial charge in [-0.15, -0.1) is 0 Å². The molecule has 0 bridgehead atoms. The van der Waals surface area contributed by atoms with Crippen LogP contribution in [0.3, 0.4) is 0 Å². The van der Waals surface area contributed by atoms with Crippen molar-refractivity contribution in [2.24, 2.45) is 5.73 Å². The van der Waals surface area contributed by atoms with Gasteiger partial charge in [-0.2, -0.15) is 0 Å². The smallest absolute Gasteiger partial charge is 0.234 e. The van der Waals surface area contributed by atoms with Gasteiger partial charge < -0.3 is 10.8 Å². The second kappa shape index (κ2) is 3.69. The van der Waals surface area contributed by atoms with Gasteiger partial charge in [0, 0.05) is 6.54 Å². The molecule has 1 aliphatic heterocycles. The molecule has 0 aromatic rings. The number of aliphatic hydroxyl groups excluding tert-OH is 1. The van der Waals surface area contributed by atoms with Gasteiger partial charge in [0.05, 0.1) is 12.6 Å².